The van der Waals surface area contributed by atoms with Crippen molar-refractivity contribution in [2.75, 3.05) is 12.0 Å². The van der Waals surface area contributed by atoms with Crippen LogP contribution in [-0.4, -0.2) is 25.0 Å². The molecule has 0 N–H and O–H groups in total. The third-order valence-electron chi connectivity index (χ3n) is 6.72. The number of Topliss-reactive ketones (excluding diaryl/α,β-unsaturated/α-hetero) is 1. The van der Waals surface area contributed by atoms with Crippen molar-refractivity contribution in [2.24, 2.45) is 5.41 Å². The molecule has 3 atom stereocenters. The van der Waals surface area contributed by atoms with Crippen LogP contribution in [0.3, 0.4) is 0 Å². The molecular weight excluding hydrogens is 410 g/mol. The first-order chi connectivity index (χ1) is 16.2. The molecule has 2 aliphatic rings. The van der Waals surface area contributed by atoms with Crippen molar-refractivity contribution >= 4 is 17.5 Å². The summed E-state index contributed by atoms with van der Waals surface area (Å²) in [6.45, 7) is 0. The standard InChI is InChI=1S/C28H21N3O2/c1-33-23-14-8-6-12-21(23)25-26(27(32)20-10-3-2-4-11-20)31-22-13-7-5-9-19(22)15-16-24(31)28(25,17-29)18-30/h2-16,24-26H,1H3. The van der Waals surface area contributed by atoms with Crippen LogP contribution in [-0.2, 0) is 0 Å². The Morgan fingerprint density at radius 3 is 2.33 bits per heavy atom. The van der Waals surface area contributed by atoms with Gasteiger partial charge in [-0.05, 0) is 17.7 Å². The quantitative estimate of drug-likeness (QED) is 0.545. The molecule has 33 heavy (non-hydrogen) atoms. The van der Waals surface area contributed by atoms with E-state index >= 15 is 0 Å². The van der Waals surface area contributed by atoms with Crippen molar-refractivity contribution in [1.29, 1.82) is 10.5 Å². The summed E-state index contributed by atoms with van der Waals surface area (Å²) < 4.78 is 5.63. The van der Waals surface area contributed by atoms with Crippen molar-refractivity contribution in [3.63, 3.8) is 0 Å². The number of benzene rings is 3. The van der Waals surface area contributed by atoms with Gasteiger partial charge in [0.05, 0.1) is 25.3 Å². The van der Waals surface area contributed by atoms with E-state index in [4.69, 9.17) is 4.74 Å². The Balaban J connectivity index is 1.82. The second-order valence-electron chi connectivity index (χ2n) is 8.26. The number of rotatable bonds is 4. The van der Waals surface area contributed by atoms with Crippen molar-refractivity contribution in [2.45, 2.75) is 18.0 Å². The molecule has 0 spiro atoms. The topological polar surface area (TPSA) is 77.1 Å². The Morgan fingerprint density at radius 2 is 1.61 bits per heavy atom. The average molecular weight is 431 g/mol. The molecule has 2 heterocycles. The van der Waals surface area contributed by atoms with Crippen LogP contribution in [0.15, 0.2) is 84.9 Å². The molecule has 0 radical (unpaired) electrons. The summed E-state index contributed by atoms with van der Waals surface area (Å²) in [5.41, 5.74) is 1.52. The molecule has 5 heteroatoms. The maximum atomic E-state index is 14.1. The molecule has 3 aromatic rings. The van der Waals surface area contributed by atoms with E-state index in [9.17, 15) is 15.3 Å². The van der Waals surface area contributed by atoms with Gasteiger partial charge in [-0.3, -0.25) is 4.79 Å². The molecular formula is C28H21N3O2. The summed E-state index contributed by atoms with van der Waals surface area (Å²) in [6.07, 6.45) is 3.82. The number of nitriles is 2. The van der Waals surface area contributed by atoms with Gasteiger partial charge in [0.2, 0.25) is 0 Å². The van der Waals surface area contributed by atoms with Crippen LogP contribution in [0.5, 0.6) is 5.75 Å². The number of carbonyl (C=O) groups excluding carboxylic acids is 1. The van der Waals surface area contributed by atoms with E-state index in [1.807, 2.05) is 77.7 Å². The second-order valence-corrected chi connectivity index (χ2v) is 8.26. The molecule has 0 aromatic heterocycles. The summed E-state index contributed by atoms with van der Waals surface area (Å²) in [4.78, 5) is 16.1. The van der Waals surface area contributed by atoms with Crippen LogP contribution in [0.25, 0.3) is 6.08 Å². The molecule has 5 rings (SSSR count). The zero-order valence-electron chi connectivity index (χ0n) is 18.1. The summed E-state index contributed by atoms with van der Waals surface area (Å²) in [5, 5.41) is 21.0. The fraction of sp³-hybridized carbons (Fsp3) is 0.179. The molecule has 0 bridgehead atoms. The van der Waals surface area contributed by atoms with Crippen LogP contribution < -0.4 is 9.64 Å². The van der Waals surface area contributed by atoms with Gasteiger partial charge < -0.3 is 9.64 Å². The lowest BCUT2D eigenvalue weighted by molar-refractivity contribution is 0.0950. The van der Waals surface area contributed by atoms with Gasteiger partial charge in [0.25, 0.3) is 0 Å². The maximum Gasteiger partial charge on any atom is 0.185 e. The summed E-state index contributed by atoms with van der Waals surface area (Å²) in [6, 6.07) is 27.5. The van der Waals surface area contributed by atoms with E-state index in [0.29, 0.717) is 16.9 Å². The Hall–Kier alpha value is -4.35. The SMILES string of the molecule is COc1ccccc1C1C(C(=O)c2ccccc2)N2c3ccccc3C=CC2C1(C#N)C#N. The number of anilines is 1. The predicted octanol–water partition coefficient (Wildman–Crippen LogP) is 4.98. The van der Waals surface area contributed by atoms with E-state index in [1.165, 1.54) is 0 Å². The number of carbonyl (C=O) groups is 1. The van der Waals surface area contributed by atoms with Gasteiger partial charge in [0, 0.05) is 22.7 Å². The molecule has 2 aliphatic heterocycles. The highest BCUT2D eigenvalue weighted by Gasteiger charge is 2.63. The molecule has 3 unspecified atom stereocenters. The molecule has 0 saturated carbocycles. The van der Waals surface area contributed by atoms with Gasteiger partial charge in [-0.2, -0.15) is 10.5 Å². The van der Waals surface area contributed by atoms with Crippen LogP contribution in [0.4, 0.5) is 5.69 Å². The molecule has 1 saturated heterocycles. The van der Waals surface area contributed by atoms with Gasteiger partial charge in [-0.25, -0.2) is 0 Å². The molecule has 5 nitrogen and oxygen atoms in total. The first-order valence-electron chi connectivity index (χ1n) is 10.8. The van der Waals surface area contributed by atoms with E-state index in [-0.39, 0.29) is 5.78 Å². The lowest BCUT2D eigenvalue weighted by Crippen LogP contribution is -2.44. The highest BCUT2D eigenvalue weighted by molar-refractivity contribution is 6.04. The Labute approximate surface area is 192 Å². The van der Waals surface area contributed by atoms with Gasteiger partial charge in [0.15, 0.2) is 11.2 Å². The van der Waals surface area contributed by atoms with Crippen LogP contribution in [0.1, 0.15) is 27.4 Å². The van der Waals surface area contributed by atoms with Crippen molar-refractivity contribution in [3.05, 3.63) is 102 Å². The Kier molecular flexibility index (Phi) is 4.96. The van der Waals surface area contributed by atoms with Crippen molar-refractivity contribution < 1.29 is 9.53 Å². The fourth-order valence-electron chi connectivity index (χ4n) is 5.27. The number of para-hydroxylation sites is 2. The molecule has 3 aromatic carbocycles. The zero-order chi connectivity index (χ0) is 23.0. The number of methoxy groups -OCH3 is 1. The van der Waals surface area contributed by atoms with Gasteiger partial charge in [-0.15, -0.1) is 0 Å². The maximum absolute atomic E-state index is 14.1. The van der Waals surface area contributed by atoms with Gasteiger partial charge >= 0.3 is 0 Å². The summed E-state index contributed by atoms with van der Waals surface area (Å²) >= 11 is 0. The number of ketones is 1. The highest BCUT2D eigenvalue weighted by atomic mass is 16.5. The van der Waals surface area contributed by atoms with Crippen LogP contribution in [0, 0.1) is 28.1 Å². The number of hydrogen-bond acceptors (Lipinski definition) is 5. The highest BCUT2D eigenvalue weighted by Crippen LogP contribution is 2.56. The zero-order valence-corrected chi connectivity index (χ0v) is 18.1. The minimum absolute atomic E-state index is 0.131. The van der Waals surface area contributed by atoms with Crippen LogP contribution in [0.2, 0.25) is 0 Å². The third-order valence-corrected chi connectivity index (χ3v) is 6.72. The van der Waals surface area contributed by atoms with Crippen molar-refractivity contribution in [3.8, 4) is 17.9 Å². The lowest BCUT2D eigenvalue weighted by Gasteiger charge is -2.35. The number of fused-ring (bicyclic) bond motifs is 3. The largest absolute Gasteiger partial charge is 0.496 e. The average Bonchev–Trinajstić information content (AvgIpc) is 3.19. The van der Waals surface area contributed by atoms with Crippen LogP contribution >= 0.6 is 0 Å². The lowest BCUT2D eigenvalue weighted by atomic mass is 9.69. The Morgan fingerprint density at radius 1 is 0.939 bits per heavy atom. The normalized spacial score (nSPS) is 21.9. The van der Waals surface area contributed by atoms with Crippen molar-refractivity contribution in [1.82, 2.24) is 0 Å². The predicted molar refractivity (Wildman–Crippen MR) is 126 cm³/mol. The summed E-state index contributed by atoms with van der Waals surface area (Å²) in [7, 11) is 1.56. The second kappa shape index (κ2) is 7.97. The van der Waals surface area contributed by atoms with Gasteiger partial charge in [-0.1, -0.05) is 78.9 Å². The number of ether oxygens (including phenoxy) is 1. The van der Waals surface area contributed by atoms with E-state index in [0.717, 1.165) is 11.3 Å². The van der Waals surface area contributed by atoms with E-state index in [1.54, 1.807) is 25.3 Å². The molecule has 0 aliphatic carbocycles. The monoisotopic (exact) mass is 431 g/mol. The van der Waals surface area contributed by atoms with E-state index in [2.05, 4.69) is 12.1 Å². The minimum Gasteiger partial charge on any atom is -0.496 e. The van der Waals surface area contributed by atoms with Gasteiger partial charge in [0.1, 0.15) is 11.8 Å². The Bertz CT molecular complexity index is 1320. The minimum atomic E-state index is -1.49. The molecule has 0 amide bonds. The number of nitrogens with zero attached hydrogens (tertiary/aromatic N) is 3. The summed E-state index contributed by atoms with van der Waals surface area (Å²) in [5.74, 6) is -0.300. The fourth-order valence-corrected chi connectivity index (χ4v) is 5.27. The molecule has 160 valence electrons. The van der Waals surface area contributed by atoms with E-state index < -0.39 is 23.4 Å². The first-order valence-corrected chi connectivity index (χ1v) is 10.8. The molecule has 1 fully saturated rings. The smallest absolute Gasteiger partial charge is 0.185 e. The third kappa shape index (κ3) is 2.94. The first kappa shape index (κ1) is 20.5. The number of hydrogen-bond donors (Lipinski definition) is 0.